The lowest BCUT2D eigenvalue weighted by molar-refractivity contribution is 0.865. The molecule has 0 heterocycles. The van der Waals surface area contributed by atoms with Gasteiger partial charge in [0.25, 0.3) is 0 Å². The van der Waals surface area contributed by atoms with Crippen LogP contribution in [0.4, 0.5) is 0 Å². The number of hydrogen-bond donors (Lipinski definition) is 1. The molecule has 1 atom stereocenters. The summed E-state index contributed by atoms with van der Waals surface area (Å²) in [6.07, 6.45) is 23.0. The average Bonchev–Trinajstić information content (AvgIpc) is 2.30. The standard InChI is InChI=1S/C16H27N/c1-3-4-5-6-7-8-9-10-11-12-13-14-15-16(2)17/h4-5,7-8,12-16H,3,6,9-11,17H2,1-2H3. The van der Waals surface area contributed by atoms with Gasteiger partial charge in [0.05, 0.1) is 0 Å². The molecule has 1 heteroatoms. The molecular formula is C16H27N. The van der Waals surface area contributed by atoms with Crippen LogP contribution in [0.3, 0.4) is 0 Å². The van der Waals surface area contributed by atoms with Crippen molar-refractivity contribution in [1.82, 2.24) is 0 Å². The van der Waals surface area contributed by atoms with Gasteiger partial charge < -0.3 is 5.73 Å². The van der Waals surface area contributed by atoms with E-state index in [0.717, 1.165) is 19.3 Å². The Balaban J connectivity index is 3.37. The normalized spacial score (nSPS) is 14.8. The Morgan fingerprint density at radius 3 is 2.35 bits per heavy atom. The van der Waals surface area contributed by atoms with Gasteiger partial charge in [0.1, 0.15) is 0 Å². The lowest BCUT2D eigenvalue weighted by Crippen LogP contribution is -2.09. The fourth-order valence-electron chi connectivity index (χ4n) is 1.32. The molecule has 0 spiro atoms. The first-order valence-corrected chi connectivity index (χ1v) is 6.66. The van der Waals surface area contributed by atoms with Crippen LogP contribution >= 0.6 is 0 Å². The van der Waals surface area contributed by atoms with Crippen molar-refractivity contribution in [3.05, 3.63) is 48.6 Å². The van der Waals surface area contributed by atoms with Crippen molar-refractivity contribution in [3.63, 3.8) is 0 Å². The topological polar surface area (TPSA) is 26.0 Å². The number of nitrogens with two attached hydrogens (primary N) is 1. The van der Waals surface area contributed by atoms with Gasteiger partial charge in [-0.2, -0.15) is 0 Å². The Hall–Kier alpha value is -1.08. The molecule has 0 aromatic carbocycles. The van der Waals surface area contributed by atoms with Crippen LogP contribution in [-0.4, -0.2) is 6.04 Å². The SMILES string of the molecule is CCC=CCC=CCCCC=CC=CC(C)N. The summed E-state index contributed by atoms with van der Waals surface area (Å²) < 4.78 is 0. The van der Waals surface area contributed by atoms with E-state index in [4.69, 9.17) is 5.73 Å². The van der Waals surface area contributed by atoms with Crippen molar-refractivity contribution in [2.45, 2.75) is 52.0 Å². The third kappa shape index (κ3) is 14.9. The first-order valence-electron chi connectivity index (χ1n) is 6.66. The van der Waals surface area contributed by atoms with Crippen molar-refractivity contribution in [2.75, 3.05) is 0 Å². The van der Waals surface area contributed by atoms with E-state index in [1.807, 2.05) is 19.1 Å². The molecule has 0 saturated carbocycles. The Bertz CT molecular complexity index is 257. The number of unbranched alkanes of at least 4 members (excludes halogenated alkanes) is 2. The van der Waals surface area contributed by atoms with Gasteiger partial charge in [-0.15, -0.1) is 0 Å². The lowest BCUT2D eigenvalue weighted by atomic mass is 10.2. The fourth-order valence-corrected chi connectivity index (χ4v) is 1.32. The molecule has 0 aromatic rings. The van der Waals surface area contributed by atoms with E-state index in [0.29, 0.717) is 0 Å². The van der Waals surface area contributed by atoms with Crippen LogP contribution in [0, 0.1) is 0 Å². The van der Waals surface area contributed by atoms with Gasteiger partial charge in [0.15, 0.2) is 0 Å². The van der Waals surface area contributed by atoms with Crippen LogP contribution in [-0.2, 0) is 0 Å². The molecular weight excluding hydrogens is 206 g/mol. The highest BCUT2D eigenvalue weighted by Crippen LogP contribution is 1.99. The highest BCUT2D eigenvalue weighted by Gasteiger charge is 1.81. The van der Waals surface area contributed by atoms with Crippen LogP contribution in [0.2, 0.25) is 0 Å². The maximum Gasteiger partial charge on any atom is 0.0197 e. The molecule has 0 fully saturated rings. The summed E-state index contributed by atoms with van der Waals surface area (Å²) in [6, 6.07) is 0.152. The van der Waals surface area contributed by atoms with Crippen LogP contribution in [0.1, 0.15) is 46.0 Å². The molecule has 0 saturated heterocycles. The van der Waals surface area contributed by atoms with Gasteiger partial charge in [-0.05, 0) is 39.0 Å². The largest absolute Gasteiger partial charge is 0.325 e. The minimum absolute atomic E-state index is 0.152. The Morgan fingerprint density at radius 1 is 0.941 bits per heavy atom. The molecule has 0 aliphatic heterocycles. The number of allylic oxidation sites excluding steroid dienone is 7. The fraction of sp³-hybridized carbons (Fsp3) is 0.500. The first-order chi connectivity index (χ1) is 8.27. The zero-order valence-corrected chi connectivity index (χ0v) is 11.3. The molecule has 0 rings (SSSR count). The number of hydrogen-bond acceptors (Lipinski definition) is 1. The van der Waals surface area contributed by atoms with Gasteiger partial charge in [-0.3, -0.25) is 0 Å². The van der Waals surface area contributed by atoms with Gasteiger partial charge >= 0.3 is 0 Å². The van der Waals surface area contributed by atoms with E-state index >= 15 is 0 Å². The zero-order chi connectivity index (χ0) is 12.8. The first kappa shape index (κ1) is 15.9. The zero-order valence-electron chi connectivity index (χ0n) is 11.3. The van der Waals surface area contributed by atoms with Crippen LogP contribution in [0.5, 0.6) is 0 Å². The maximum absolute atomic E-state index is 5.59. The quantitative estimate of drug-likeness (QED) is 0.353. The van der Waals surface area contributed by atoms with E-state index in [-0.39, 0.29) is 6.04 Å². The Kier molecular flexibility index (Phi) is 12.2. The summed E-state index contributed by atoms with van der Waals surface area (Å²) in [5, 5.41) is 0. The Morgan fingerprint density at radius 2 is 1.65 bits per heavy atom. The molecule has 0 radical (unpaired) electrons. The monoisotopic (exact) mass is 233 g/mol. The molecule has 1 nitrogen and oxygen atoms in total. The average molecular weight is 233 g/mol. The van der Waals surface area contributed by atoms with Crippen molar-refractivity contribution in [2.24, 2.45) is 5.73 Å². The molecule has 1 unspecified atom stereocenters. The van der Waals surface area contributed by atoms with Gasteiger partial charge in [0.2, 0.25) is 0 Å². The van der Waals surface area contributed by atoms with E-state index in [2.05, 4.69) is 43.4 Å². The van der Waals surface area contributed by atoms with Crippen LogP contribution < -0.4 is 5.73 Å². The van der Waals surface area contributed by atoms with Crippen LogP contribution in [0.25, 0.3) is 0 Å². The second-order valence-electron chi connectivity index (χ2n) is 4.19. The van der Waals surface area contributed by atoms with Crippen molar-refractivity contribution >= 4 is 0 Å². The van der Waals surface area contributed by atoms with E-state index in [1.165, 1.54) is 12.8 Å². The predicted molar refractivity (Wildman–Crippen MR) is 79.0 cm³/mol. The minimum Gasteiger partial charge on any atom is -0.325 e. The molecule has 0 bridgehead atoms. The van der Waals surface area contributed by atoms with Gasteiger partial charge in [0, 0.05) is 6.04 Å². The van der Waals surface area contributed by atoms with E-state index < -0.39 is 0 Å². The highest BCUT2D eigenvalue weighted by molar-refractivity contribution is 5.05. The third-order valence-electron chi connectivity index (χ3n) is 2.24. The van der Waals surface area contributed by atoms with Gasteiger partial charge in [-0.25, -0.2) is 0 Å². The third-order valence-corrected chi connectivity index (χ3v) is 2.24. The summed E-state index contributed by atoms with van der Waals surface area (Å²) in [7, 11) is 0. The second kappa shape index (κ2) is 13.0. The lowest BCUT2D eigenvalue weighted by Gasteiger charge is -1.91. The van der Waals surface area contributed by atoms with Crippen molar-refractivity contribution in [3.8, 4) is 0 Å². The molecule has 0 aliphatic rings. The molecule has 0 amide bonds. The summed E-state index contributed by atoms with van der Waals surface area (Å²) in [5.41, 5.74) is 5.59. The molecule has 0 aromatic heterocycles. The van der Waals surface area contributed by atoms with Crippen molar-refractivity contribution in [1.29, 1.82) is 0 Å². The van der Waals surface area contributed by atoms with Crippen molar-refractivity contribution < 1.29 is 0 Å². The Labute approximate surface area is 107 Å². The molecule has 0 aliphatic carbocycles. The summed E-state index contributed by atoms with van der Waals surface area (Å²) >= 11 is 0. The molecule has 96 valence electrons. The predicted octanol–water partition coefficient (Wildman–Crippen LogP) is 4.53. The van der Waals surface area contributed by atoms with E-state index in [1.54, 1.807) is 0 Å². The van der Waals surface area contributed by atoms with Gasteiger partial charge in [-0.1, -0.05) is 55.5 Å². The number of rotatable bonds is 9. The second-order valence-corrected chi connectivity index (χ2v) is 4.19. The van der Waals surface area contributed by atoms with E-state index in [9.17, 15) is 0 Å². The summed E-state index contributed by atoms with van der Waals surface area (Å²) in [5.74, 6) is 0. The maximum atomic E-state index is 5.59. The highest BCUT2D eigenvalue weighted by atomic mass is 14.6. The summed E-state index contributed by atoms with van der Waals surface area (Å²) in [6.45, 7) is 4.13. The molecule has 2 N–H and O–H groups in total. The molecule has 17 heavy (non-hydrogen) atoms. The minimum atomic E-state index is 0.152. The summed E-state index contributed by atoms with van der Waals surface area (Å²) in [4.78, 5) is 0. The van der Waals surface area contributed by atoms with Crippen LogP contribution in [0.15, 0.2) is 48.6 Å². The smallest absolute Gasteiger partial charge is 0.0197 e.